The van der Waals surface area contributed by atoms with Gasteiger partial charge in [-0.25, -0.2) is 4.98 Å². The molecule has 0 saturated carbocycles. The summed E-state index contributed by atoms with van der Waals surface area (Å²) in [7, 11) is 0. The Morgan fingerprint density at radius 2 is 1.85 bits per heavy atom. The van der Waals surface area contributed by atoms with Gasteiger partial charge in [0.15, 0.2) is 0 Å². The fourth-order valence-electron chi connectivity index (χ4n) is 2.99. The van der Waals surface area contributed by atoms with Crippen LogP contribution < -0.4 is 5.32 Å². The van der Waals surface area contributed by atoms with Crippen LogP contribution in [0.1, 0.15) is 21.5 Å². The van der Waals surface area contributed by atoms with Crippen molar-refractivity contribution in [2.75, 3.05) is 5.32 Å². The molecular formula is C22H18N2OS. The van der Waals surface area contributed by atoms with Gasteiger partial charge in [-0.1, -0.05) is 36.4 Å². The summed E-state index contributed by atoms with van der Waals surface area (Å²) >= 11 is 1.62. The van der Waals surface area contributed by atoms with Crippen LogP contribution in [0.4, 0.5) is 5.69 Å². The van der Waals surface area contributed by atoms with E-state index in [0.29, 0.717) is 5.56 Å². The number of anilines is 1. The molecule has 3 nitrogen and oxygen atoms in total. The molecule has 4 aromatic rings. The SMILES string of the molecule is Cc1cccc(NC(=O)c2cc(-c3cccs3)nc3ccccc23)c1C. The van der Waals surface area contributed by atoms with Crippen LogP contribution in [-0.2, 0) is 0 Å². The summed E-state index contributed by atoms with van der Waals surface area (Å²) in [6, 6.07) is 19.6. The third kappa shape index (κ3) is 3.00. The summed E-state index contributed by atoms with van der Waals surface area (Å²) in [4.78, 5) is 18.9. The number of carbonyl (C=O) groups excluding carboxylic acids is 1. The molecule has 0 radical (unpaired) electrons. The van der Waals surface area contributed by atoms with E-state index < -0.39 is 0 Å². The average Bonchev–Trinajstić information content (AvgIpc) is 3.19. The number of pyridine rings is 1. The molecule has 0 aliphatic carbocycles. The zero-order chi connectivity index (χ0) is 18.1. The van der Waals surface area contributed by atoms with Crippen molar-refractivity contribution in [1.82, 2.24) is 4.98 Å². The predicted octanol–water partition coefficient (Wildman–Crippen LogP) is 5.83. The minimum atomic E-state index is -0.116. The Morgan fingerprint density at radius 3 is 2.65 bits per heavy atom. The lowest BCUT2D eigenvalue weighted by molar-refractivity contribution is 0.102. The maximum atomic E-state index is 13.1. The second-order valence-corrected chi connectivity index (χ2v) is 7.20. The van der Waals surface area contributed by atoms with Crippen molar-refractivity contribution < 1.29 is 4.79 Å². The largest absolute Gasteiger partial charge is 0.322 e. The van der Waals surface area contributed by atoms with E-state index in [1.807, 2.05) is 79.9 Å². The molecule has 1 amide bonds. The van der Waals surface area contributed by atoms with Gasteiger partial charge in [0.1, 0.15) is 0 Å². The number of nitrogens with zero attached hydrogens (tertiary/aromatic N) is 1. The Labute approximate surface area is 156 Å². The van der Waals surface area contributed by atoms with E-state index in [1.54, 1.807) is 11.3 Å². The van der Waals surface area contributed by atoms with Crippen molar-refractivity contribution in [3.05, 3.63) is 82.7 Å². The third-order valence-corrected chi connectivity index (χ3v) is 5.48. The van der Waals surface area contributed by atoms with E-state index >= 15 is 0 Å². The summed E-state index contributed by atoms with van der Waals surface area (Å²) in [5.41, 5.74) is 5.36. The Balaban J connectivity index is 1.82. The van der Waals surface area contributed by atoms with Crippen molar-refractivity contribution in [2.45, 2.75) is 13.8 Å². The first kappa shape index (κ1) is 16.5. The summed E-state index contributed by atoms with van der Waals surface area (Å²) in [6.07, 6.45) is 0. The molecule has 0 bridgehead atoms. The van der Waals surface area contributed by atoms with Crippen molar-refractivity contribution in [2.24, 2.45) is 0 Å². The van der Waals surface area contributed by atoms with Crippen molar-refractivity contribution in [3.8, 4) is 10.6 Å². The maximum absolute atomic E-state index is 13.1. The number of aryl methyl sites for hydroxylation is 1. The monoisotopic (exact) mass is 358 g/mol. The first-order chi connectivity index (χ1) is 12.6. The minimum Gasteiger partial charge on any atom is -0.322 e. The van der Waals surface area contributed by atoms with E-state index in [2.05, 4.69) is 5.32 Å². The average molecular weight is 358 g/mol. The van der Waals surface area contributed by atoms with Gasteiger partial charge in [-0.2, -0.15) is 0 Å². The van der Waals surface area contributed by atoms with Gasteiger partial charge in [-0.3, -0.25) is 4.79 Å². The lowest BCUT2D eigenvalue weighted by atomic mass is 10.0. The van der Waals surface area contributed by atoms with Gasteiger partial charge in [-0.05, 0) is 54.6 Å². The zero-order valence-corrected chi connectivity index (χ0v) is 15.4. The second kappa shape index (κ2) is 6.73. The molecule has 0 unspecified atom stereocenters. The lowest BCUT2D eigenvalue weighted by Crippen LogP contribution is -2.14. The summed E-state index contributed by atoms with van der Waals surface area (Å²) < 4.78 is 0. The molecule has 128 valence electrons. The summed E-state index contributed by atoms with van der Waals surface area (Å²) in [5.74, 6) is -0.116. The fourth-order valence-corrected chi connectivity index (χ4v) is 3.68. The van der Waals surface area contributed by atoms with Gasteiger partial charge in [-0.15, -0.1) is 11.3 Å². The Hall–Kier alpha value is -2.98. The molecule has 1 N–H and O–H groups in total. The second-order valence-electron chi connectivity index (χ2n) is 6.25. The van der Waals surface area contributed by atoms with Crippen molar-refractivity contribution >= 4 is 33.8 Å². The van der Waals surface area contributed by atoms with E-state index in [-0.39, 0.29) is 5.91 Å². The zero-order valence-electron chi connectivity index (χ0n) is 14.6. The van der Waals surface area contributed by atoms with Gasteiger partial charge in [0, 0.05) is 11.1 Å². The number of aromatic nitrogens is 1. The van der Waals surface area contributed by atoms with Crippen LogP contribution in [0.25, 0.3) is 21.5 Å². The van der Waals surface area contributed by atoms with Gasteiger partial charge in [0.05, 0.1) is 21.7 Å². The molecule has 0 atom stereocenters. The van der Waals surface area contributed by atoms with E-state index in [1.165, 1.54) is 0 Å². The van der Waals surface area contributed by atoms with Gasteiger partial charge < -0.3 is 5.32 Å². The molecule has 0 aliphatic heterocycles. The molecule has 0 fully saturated rings. The van der Waals surface area contributed by atoms with Gasteiger partial charge in [0.25, 0.3) is 5.91 Å². The maximum Gasteiger partial charge on any atom is 0.256 e. The van der Waals surface area contributed by atoms with Crippen molar-refractivity contribution in [1.29, 1.82) is 0 Å². The molecular weight excluding hydrogens is 340 g/mol. The van der Waals surface area contributed by atoms with Crippen LogP contribution in [0.2, 0.25) is 0 Å². The highest BCUT2D eigenvalue weighted by molar-refractivity contribution is 7.13. The van der Waals surface area contributed by atoms with E-state index in [4.69, 9.17) is 4.98 Å². The number of hydrogen-bond acceptors (Lipinski definition) is 3. The first-order valence-corrected chi connectivity index (χ1v) is 9.32. The number of fused-ring (bicyclic) bond motifs is 1. The van der Waals surface area contributed by atoms with E-state index in [0.717, 1.165) is 38.3 Å². The van der Waals surface area contributed by atoms with Gasteiger partial charge in [0.2, 0.25) is 0 Å². The number of amides is 1. The Kier molecular flexibility index (Phi) is 4.27. The standard InChI is InChI=1S/C22H18N2OS/c1-14-7-5-10-18(15(14)2)24-22(25)17-13-20(21-11-6-12-26-21)23-19-9-4-3-8-16(17)19/h3-13H,1-2H3,(H,24,25). The first-order valence-electron chi connectivity index (χ1n) is 8.45. The lowest BCUT2D eigenvalue weighted by Gasteiger charge is -2.12. The number of carbonyl (C=O) groups is 1. The topological polar surface area (TPSA) is 42.0 Å². The molecule has 0 aliphatic rings. The summed E-state index contributed by atoms with van der Waals surface area (Å²) in [5, 5.41) is 5.94. The van der Waals surface area contributed by atoms with Crippen LogP contribution in [0, 0.1) is 13.8 Å². The predicted molar refractivity (Wildman–Crippen MR) is 109 cm³/mol. The normalized spacial score (nSPS) is 10.8. The highest BCUT2D eigenvalue weighted by Gasteiger charge is 2.15. The molecule has 2 aromatic carbocycles. The van der Waals surface area contributed by atoms with Crippen LogP contribution >= 0.6 is 11.3 Å². The van der Waals surface area contributed by atoms with Crippen LogP contribution in [0.3, 0.4) is 0 Å². The quantitative estimate of drug-likeness (QED) is 0.500. The number of rotatable bonds is 3. The van der Waals surface area contributed by atoms with Gasteiger partial charge >= 0.3 is 0 Å². The Morgan fingerprint density at radius 1 is 1.00 bits per heavy atom. The van der Waals surface area contributed by atoms with Crippen LogP contribution in [-0.4, -0.2) is 10.9 Å². The molecule has 2 heterocycles. The number of benzene rings is 2. The highest BCUT2D eigenvalue weighted by Crippen LogP contribution is 2.28. The molecule has 0 saturated heterocycles. The molecule has 0 spiro atoms. The Bertz CT molecular complexity index is 1100. The van der Waals surface area contributed by atoms with E-state index in [9.17, 15) is 4.79 Å². The summed E-state index contributed by atoms with van der Waals surface area (Å²) in [6.45, 7) is 4.06. The smallest absolute Gasteiger partial charge is 0.256 e. The molecule has 26 heavy (non-hydrogen) atoms. The van der Waals surface area contributed by atoms with Crippen molar-refractivity contribution in [3.63, 3.8) is 0 Å². The third-order valence-electron chi connectivity index (χ3n) is 4.59. The highest BCUT2D eigenvalue weighted by atomic mass is 32.1. The number of thiophene rings is 1. The minimum absolute atomic E-state index is 0.116. The number of para-hydroxylation sites is 1. The fraction of sp³-hybridized carbons (Fsp3) is 0.0909. The number of nitrogens with one attached hydrogen (secondary N) is 1. The molecule has 4 rings (SSSR count). The number of hydrogen-bond donors (Lipinski definition) is 1. The molecule has 2 aromatic heterocycles. The van der Waals surface area contributed by atoms with Crippen LogP contribution in [0.5, 0.6) is 0 Å². The molecule has 4 heteroatoms. The van der Waals surface area contributed by atoms with Crippen LogP contribution in [0.15, 0.2) is 66.0 Å².